The number of rotatable bonds is 5. The Morgan fingerprint density at radius 2 is 1.59 bits per heavy atom. The summed E-state index contributed by atoms with van der Waals surface area (Å²) >= 11 is 0. The lowest BCUT2D eigenvalue weighted by Gasteiger charge is -2.15. The average Bonchev–Trinajstić information content (AvgIpc) is 2.75. The summed E-state index contributed by atoms with van der Waals surface area (Å²) in [5.41, 5.74) is 1.12. The molecule has 32 heavy (non-hydrogen) atoms. The molecule has 0 N–H and O–H groups in total. The summed E-state index contributed by atoms with van der Waals surface area (Å²) in [6, 6.07) is 15.9. The molecule has 4 rings (SSSR count). The molecule has 0 fully saturated rings. The van der Waals surface area contributed by atoms with Gasteiger partial charge in [-0.2, -0.15) is 0 Å². The smallest absolute Gasteiger partial charge is 0.211 e. The molecule has 0 aliphatic rings. The lowest BCUT2D eigenvalue weighted by molar-refractivity contribution is 0.593. The Morgan fingerprint density at radius 1 is 0.906 bits per heavy atom. The number of nitrogens with zero attached hydrogens (tertiary/aromatic N) is 1. The van der Waals surface area contributed by atoms with Gasteiger partial charge in [-0.05, 0) is 59.5 Å². The van der Waals surface area contributed by atoms with Crippen LogP contribution in [0.25, 0.3) is 10.9 Å². The first-order valence-corrected chi connectivity index (χ1v) is 11.6. The van der Waals surface area contributed by atoms with E-state index in [0.717, 1.165) is 11.6 Å². The van der Waals surface area contributed by atoms with Crippen LogP contribution in [-0.4, -0.2) is 13.0 Å². The molecule has 1 aromatic heterocycles. The summed E-state index contributed by atoms with van der Waals surface area (Å²) < 4.78 is 55.9. The van der Waals surface area contributed by atoms with Gasteiger partial charge in [0.05, 0.1) is 10.4 Å². The van der Waals surface area contributed by atoms with E-state index in [2.05, 4.69) is 0 Å². The minimum absolute atomic E-state index is 0.0212. The van der Waals surface area contributed by atoms with Gasteiger partial charge in [-0.25, -0.2) is 17.2 Å². The number of hydrogen-bond acceptors (Lipinski definition) is 3. The number of sulfone groups is 1. The maximum absolute atomic E-state index is 14.0. The third kappa shape index (κ3) is 4.08. The predicted octanol–water partition coefficient (Wildman–Crippen LogP) is 5.28. The van der Waals surface area contributed by atoms with Crippen molar-refractivity contribution in [3.63, 3.8) is 0 Å². The number of halogens is 2. The van der Waals surface area contributed by atoms with E-state index in [4.69, 9.17) is 0 Å². The van der Waals surface area contributed by atoms with Crippen molar-refractivity contribution < 1.29 is 17.2 Å². The van der Waals surface area contributed by atoms with Crippen molar-refractivity contribution in [3.8, 4) is 0 Å². The highest BCUT2D eigenvalue weighted by atomic mass is 32.2. The molecule has 0 unspecified atom stereocenters. The molecule has 0 aliphatic carbocycles. The number of benzene rings is 3. The summed E-state index contributed by atoms with van der Waals surface area (Å²) in [4.78, 5) is 12.6. The quantitative estimate of drug-likeness (QED) is 0.413. The van der Waals surface area contributed by atoms with Crippen LogP contribution in [0.4, 0.5) is 8.78 Å². The third-order valence-corrected chi connectivity index (χ3v) is 7.16. The summed E-state index contributed by atoms with van der Waals surface area (Å²) in [6.07, 6.45) is 1.25. The van der Waals surface area contributed by atoms with Gasteiger partial charge in [0.25, 0.3) is 0 Å². The first-order chi connectivity index (χ1) is 15.2. The fraction of sp³-hybridized carbons (Fsp3) is 0.160. The zero-order chi connectivity index (χ0) is 23.0. The van der Waals surface area contributed by atoms with Gasteiger partial charge in [0.1, 0.15) is 16.5 Å². The van der Waals surface area contributed by atoms with E-state index >= 15 is 0 Å². The lowest BCUT2D eigenvalue weighted by atomic mass is 10.0. The van der Waals surface area contributed by atoms with E-state index in [1.807, 2.05) is 13.8 Å². The van der Waals surface area contributed by atoms with Gasteiger partial charge in [0, 0.05) is 18.1 Å². The van der Waals surface area contributed by atoms with Crippen molar-refractivity contribution in [1.29, 1.82) is 0 Å². The molecule has 3 aromatic carbocycles. The topological polar surface area (TPSA) is 56.1 Å². The van der Waals surface area contributed by atoms with Gasteiger partial charge in [-0.15, -0.1) is 0 Å². The van der Waals surface area contributed by atoms with E-state index in [1.54, 1.807) is 24.3 Å². The molecule has 0 aliphatic heterocycles. The van der Waals surface area contributed by atoms with Crippen LogP contribution in [0.3, 0.4) is 0 Å². The summed E-state index contributed by atoms with van der Waals surface area (Å²) in [6.45, 7) is 4.09. The number of pyridine rings is 1. The van der Waals surface area contributed by atoms with Crippen LogP contribution in [0.15, 0.2) is 87.5 Å². The van der Waals surface area contributed by atoms with Gasteiger partial charge in [-0.1, -0.05) is 38.1 Å². The number of fused-ring (bicyclic) bond motifs is 1. The zero-order valence-electron chi connectivity index (χ0n) is 17.5. The van der Waals surface area contributed by atoms with Crippen molar-refractivity contribution in [1.82, 2.24) is 4.57 Å². The molecule has 0 saturated heterocycles. The summed E-state index contributed by atoms with van der Waals surface area (Å²) in [5, 5.41) is -0.0544. The van der Waals surface area contributed by atoms with Gasteiger partial charge in [0.2, 0.25) is 15.3 Å². The second-order valence-electron chi connectivity index (χ2n) is 7.97. The largest absolute Gasteiger partial charge is 0.341 e. The molecular formula is C25H21F2NO3S. The molecule has 0 atom stereocenters. The molecule has 0 bridgehead atoms. The molecular weight excluding hydrogens is 432 g/mol. The monoisotopic (exact) mass is 453 g/mol. The molecule has 4 aromatic rings. The van der Waals surface area contributed by atoms with Crippen LogP contribution >= 0.6 is 0 Å². The van der Waals surface area contributed by atoms with Crippen molar-refractivity contribution >= 4 is 20.7 Å². The van der Waals surface area contributed by atoms with Crippen LogP contribution < -0.4 is 5.43 Å². The number of aromatic nitrogens is 1. The Labute approximate surface area is 184 Å². The summed E-state index contributed by atoms with van der Waals surface area (Å²) in [7, 11) is -4.17. The predicted molar refractivity (Wildman–Crippen MR) is 120 cm³/mol. The van der Waals surface area contributed by atoms with Crippen LogP contribution in [0.5, 0.6) is 0 Å². The Bertz CT molecular complexity index is 1470. The standard InChI is InChI=1S/C25H21F2NO3S/c1-16(2)18-6-9-21(10-7-18)32(30,31)24-15-28(14-17-4-3-5-19(26)12-17)23-11-8-20(27)13-22(23)25(24)29/h3-13,15-16H,14H2,1-2H3. The van der Waals surface area contributed by atoms with Gasteiger partial charge < -0.3 is 4.57 Å². The fourth-order valence-electron chi connectivity index (χ4n) is 3.66. The Morgan fingerprint density at radius 3 is 2.25 bits per heavy atom. The average molecular weight is 454 g/mol. The molecule has 4 nitrogen and oxygen atoms in total. The van der Waals surface area contributed by atoms with E-state index in [1.165, 1.54) is 47.2 Å². The fourth-order valence-corrected chi connectivity index (χ4v) is 5.02. The van der Waals surface area contributed by atoms with Crippen molar-refractivity contribution in [2.75, 3.05) is 0 Å². The summed E-state index contributed by atoms with van der Waals surface area (Å²) in [5.74, 6) is -0.862. The SMILES string of the molecule is CC(C)c1ccc(S(=O)(=O)c2cn(Cc3cccc(F)c3)c3ccc(F)cc3c2=O)cc1. The first-order valence-electron chi connectivity index (χ1n) is 10.1. The normalized spacial score (nSPS) is 11.9. The Hall–Kier alpha value is -3.32. The molecule has 0 spiro atoms. The van der Waals surface area contributed by atoms with Gasteiger partial charge in [-0.3, -0.25) is 4.79 Å². The van der Waals surface area contributed by atoms with Crippen LogP contribution in [0.1, 0.15) is 30.9 Å². The number of hydrogen-bond donors (Lipinski definition) is 0. The van der Waals surface area contributed by atoms with Crippen LogP contribution in [-0.2, 0) is 16.4 Å². The minimum Gasteiger partial charge on any atom is -0.341 e. The Kier molecular flexibility index (Phi) is 5.69. The second-order valence-corrected chi connectivity index (χ2v) is 9.89. The zero-order valence-corrected chi connectivity index (χ0v) is 18.4. The van der Waals surface area contributed by atoms with Gasteiger partial charge >= 0.3 is 0 Å². The van der Waals surface area contributed by atoms with E-state index in [-0.39, 0.29) is 22.7 Å². The first kappa shape index (κ1) is 21.9. The second kappa shape index (κ2) is 8.31. The molecule has 0 saturated carbocycles. The van der Waals surface area contributed by atoms with E-state index in [0.29, 0.717) is 11.1 Å². The van der Waals surface area contributed by atoms with Crippen LogP contribution in [0, 0.1) is 11.6 Å². The maximum atomic E-state index is 14.0. The van der Waals surface area contributed by atoms with Crippen molar-refractivity contribution in [2.45, 2.75) is 36.1 Å². The maximum Gasteiger partial charge on any atom is 0.211 e. The highest BCUT2D eigenvalue weighted by Crippen LogP contribution is 2.24. The van der Waals surface area contributed by atoms with Crippen LogP contribution in [0.2, 0.25) is 0 Å². The van der Waals surface area contributed by atoms with Crippen molar-refractivity contribution in [2.24, 2.45) is 0 Å². The van der Waals surface area contributed by atoms with Crippen molar-refractivity contribution in [3.05, 3.63) is 106 Å². The highest BCUT2D eigenvalue weighted by Gasteiger charge is 2.24. The molecule has 1 heterocycles. The molecule has 7 heteroatoms. The molecule has 164 valence electrons. The third-order valence-electron chi connectivity index (χ3n) is 5.40. The van der Waals surface area contributed by atoms with E-state index < -0.39 is 31.8 Å². The Balaban J connectivity index is 1.92. The van der Waals surface area contributed by atoms with E-state index in [9.17, 15) is 22.0 Å². The molecule has 0 amide bonds. The highest BCUT2D eigenvalue weighted by molar-refractivity contribution is 7.91. The lowest BCUT2D eigenvalue weighted by Crippen LogP contribution is -2.20. The minimum atomic E-state index is -4.17. The molecule has 0 radical (unpaired) electrons. The van der Waals surface area contributed by atoms with Gasteiger partial charge in [0.15, 0.2) is 0 Å².